The first-order valence-corrected chi connectivity index (χ1v) is 10.8. The van der Waals surface area contributed by atoms with Crippen LogP contribution in [-0.2, 0) is 4.79 Å². The summed E-state index contributed by atoms with van der Waals surface area (Å²) < 4.78 is 0. The third-order valence-corrected chi connectivity index (χ3v) is 6.07. The molecule has 4 rings (SSSR count). The first-order valence-electron chi connectivity index (χ1n) is 10.8. The standard InChI is InChI=1S/C24H30N4O2/c29-23(28-17-15-27(16-18-28)22-9-5-2-6-10-22)19-26-13-11-21(12-14-26)25-24(30)20-7-3-1-4-8-20/h1-10,21H,11-19H2,(H,25,30). The SMILES string of the molecule is O=C(NC1CCN(CC(=O)N2CCN(c3ccccc3)CC2)CC1)c1ccccc1. The zero-order chi connectivity index (χ0) is 20.8. The van der Waals surface area contributed by atoms with Gasteiger partial charge in [-0.3, -0.25) is 14.5 Å². The van der Waals surface area contributed by atoms with Crippen LogP contribution in [0.2, 0.25) is 0 Å². The zero-order valence-corrected chi connectivity index (χ0v) is 17.4. The van der Waals surface area contributed by atoms with Crippen molar-refractivity contribution in [2.45, 2.75) is 18.9 Å². The van der Waals surface area contributed by atoms with Crippen molar-refractivity contribution in [2.75, 3.05) is 50.7 Å². The van der Waals surface area contributed by atoms with Crippen LogP contribution in [-0.4, -0.2) is 73.5 Å². The second-order valence-electron chi connectivity index (χ2n) is 8.09. The molecule has 158 valence electrons. The number of piperazine rings is 1. The summed E-state index contributed by atoms with van der Waals surface area (Å²) in [5, 5.41) is 3.13. The number of hydrogen-bond acceptors (Lipinski definition) is 4. The van der Waals surface area contributed by atoms with E-state index in [1.54, 1.807) is 0 Å². The summed E-state index contributed by atoms with van der Waals surface area (Å²) >= 11 is 0. The zero-order valence-electron chi connectivity index (χ0n) is 17.4. The predicted molar refractivity (Wildman–Crippen MR) is 119 cm³/mol. The van der Waals surface area contributed by atoms with Crippen LogP contribution < -0.4 is 10.2 Å². The maximum atomic E-state index is 12.7. The molecular weight excluding hydrogens is 376 g/mol. The molecule has 0 aromatic heterocycles. The number of amides is 2. The molecule has 0 saturated carbocycles. The maximum Gasteiger partial charge on any atom is 0.251 e. The van der Waals surface area contributed by atoms with E-state index in [9.17, 15) is 9.59 Å². The summed E-state index contributed by atoms with van der Waals surface area (Å²) in [5.74, 6) is 0.205. The van der Waals surface area contributed by atoms with Gasteiger partial charge in [0.1, 0.15) is 0 Å². The van der Waals surface area contributed by atoms with E-state index in [2.05, 4.69) is 39.4 Å². The molecule has 30 heavy (non-hydrogen) atoms. The van der Waals surface area contributed by atoms with Gasteiger partial charge in [0.05, 0.1) is 6.54 Å². The Bertz CT molecular complexity index is 827. The van der Waals surface area contributed by atoms with Crippen molar-refractivity contribution in [2.24, 2.45) is 0 Å². The molecule has 2 aromatic carbocycles. The van der Waals surface area contributed by atoms with Crippen LogP contribution in [0.5, 0.6) is 0 Å². The fourth-order valence-corrected chi connectivity index (χ4v) is 4.24. The van der Waals surface area contributed by atoms with E-state index in [1.165, 1.54) is 5.69 Å². The van der Waals surface area contributed by atoms with Gasteiger partial charge in [0, 0.05) is 56.6 Å². The van der Waals surface area contributed by atoms with Crippen molar-refractivity contribution in [1.82, 2.24) is 15.1 Å². The first-order chi connectivity index (χ1) is 14.7. The second-order valence-corrected chi connectivity index (χ2v) is 8.09. The van der Waals surface area contributed by atoms with Crippen LogP contribution in [0.1, 0.15) is 23.2 Å². The normalized spacial score (nSPS) is 18.3. The molecule has 2 amide bonds. The smallest absolute Gasteiger partial charge is 0.251 e. The van der Waals surface area contributed by atoms with Crippen molar-refractivity contribution < 1.29 is 9.59 Å². The Balaban J connectivity index is 1.18. The molecule has 6 heteroatoms. The molecule has 2 aliphatic heterocycles. The quantitative estimate of drug-likeness (QED) is 0.827. The lowest BCUT2D eigenvalue weighted by molar-refractivity contribution is -0.133. The largest absolute Gasteiger partial charge is 0.368 e. The second kappa shape index (κ2) is 9.76. The van der Waals surface area contributed by atoms with E-state index in [4.69, 9.17) is 0 Å². The number of rotatable bonds is 5. The number of benzene rings is 2. The van der Waals surface area contributed by atoms with Crippen molar-refractivity contribution >= 4 is 17.5 Å². The third kappa shape index (κ3) is 5.19. The molecule has 2 aromatic rings. The Kier molecular flexibility index (Phi) is 6.64. The first kappa shape index (κ1) is 20.4. The number of para-hydroxylation sites is 1. The number of nitrogens with zero attached hydrogens (tertiary/aromatic N) is 3. The fraction of sp³-hybridized carbons (Fsp3) is 0.417. The minimum atomic E-state index is -0.0126. The summed E-state index contributed by atoms with van der Waals surface area (Å²) in [6, 6.07) is 19.9. The van der Waals surface area contributed by atoms with Crippen molar-refractivity contribution in [3.63, 3.8) is 0 Å². The van der Waals surface area contributed by atoms with Gasteiger partial charge < -0.3 is 15.1 Å². The van der Waals surface area contributed by atoms with E-state index < -0.39 is 0 Å². The summed E-state index contributed by atoms with van der Waals surface area (Å²) in [6.45, 7) is 5.47. The van der Waals surface area contributed by atoms with Crippen LogP contribution in [0.3, 0.4) is 0 Å². The van der Waals surface area contributed by atoms with Crippen LogP contribution in [0.15, 0.2) is 60.7 Å². The monoisotopic (exact) mass is 406 g/mol. The molecule has 2 fully saturated rings. The number of hydrogen-bond donors (Lipinski definition) is 1. The Morgan fingerprint density at radius 1 is 0.800 bits per heavy atom. The number of nitrogens with one attached hydrogen (secondary N) is 1. The maximum absolute atomic E-state index is 12.7. The number of piperidine rings is 1. The summed E-state index contributed by atoms with van der Waals surface area (Å²) in [4.78, 5) is 31.6. The van der Waals surface area contributed by atoms with E-state index in [0.29, 0.717) is 12.1 Å². The van der Waals surface area contributed by atoms with Gasteiger partial charge in [0.25, 0.3) is 5.91 Å². The molecule has 0 bridgehead atoms. The van der Waals surface area contributed by atoms with E-state index in [1.807, 2.05) is 41.3 Å². The molecule has 1 N–H and O–H groups in total. The van der Waals surface area contributed by atoms with Crippen LogP contribution in [0.4, 0.5) is 5.69 Å². The highest BCUT2D eigenvalue weighted by molar-refractivity contribution is 5.94. The highest BCUT2D eigenvalue weighted by atomic mass is 16.2. The van der Waals surface area contributed by atoms with Gasteiger partial charge in [-0.05, 0) is 37.1 Å². The number of carbonyl (C=O) groups is 2. The van der Waals surface area contributed by atoms with Crippen molar-refractivity contribution in [3.05, 3.63) is 66.2 Å². The van der Waals surface area contributed by atoms with Crippen LogP contribution in [0, 0.1) is 0 Å². The molecule has 2 heterocycles. The number of likely N-dealkylation sites (tertiary alicyclic amines) is 1. The van der Waals surface area contributed by atoms with Crippen LogP contribution >= 0.6 is 0 Å². The minimum absolute atomic E-state index is 0.0126. The molecule has 0 unspecified atom stereocenters. The lowest BCUT2D eigenvalue weighted by atomic mass is 10.0. The Hall–Kier alpha value is -2.86. The summed E-state index contributed by atoms with van der Waals surface area (Å²) in [5.41, 5.74) is 1.92. The van der Waals surface area contributed by atoms with Crippen LogP contribution in [0.25, 0.3) is 0 Å². The van der Waals surface area contributed by atoms with Gasteiger partial charge in [0.15, 0.2) is 0 Å². The minimum Gasteiger partial charge on any atom is -0.368 e. The van der Waals surface area contributed by atoms with E-state index >= 15 is 0 Å². The van der Waals surface area contributed by atoms with E-state index in [0.717, 1.165) is 52.1 Å². The number of anilines is 1. The molecular formula is C24H30N4O2. The lowest BCUT2D eigenvalue weighted by Crippen LogP contribution is -2.52. The Morgan fingerprint density at radius 3 is 2.03 bits per heavy atom. The molecule has 2 aliphatic rings. The van der Waals surface area contributed by atoms with Gasteiger partial charge in [-0.15, -0.1) is 0 Å². The van der Waals surface area contributed by atoms with Gasteiger partial charge >= 0.3 is 0 Å². The van der Waals surface area contributed by atoms with Crippen molar-refractivity contribution in [3.8, 4) is 0 Å². The average molecular weight is 407 g/mol. The predicted octanol–water partition coefficient (Wildman–Crippen LogP) is 2.23. The van der Waals surface area contributed by atoms with Gasteiger partial charge in [-0.1, -0.05) is 36.4 Å². The highest BCUT2D eigenvalue weighted by Gasteiger charge is 2.26. The average Bonchev–Trinajstić information content (AvgIpc) is 2.81. The summed E-state index contributed by atoms with van der Waals surface area (Å²) in [7, 11) is 0. The van der Waals surface area contributed by atoms with Gasteiger partial charge in [-0.25, -0.2) is 0 Å². The number of carbonyl (C=O) groups excluding carboxylic acids is 2. The third-order valence-electron chi connectivity index (χ3n) is 6.07. The molecule has 0 spiro atoms. The topological polar surface area (TPSA) is 55.9 Å². The van der Waals surface area contributed by atoms with Gasteiger partial charge in [-0.2, -0.15) is 0 Å². The Labute approximate surface area is 178 Å². The molecule has 0 radical (unpaired) electrons. The van der Waals surface area contributed by atoms with E-state index in [-0.39, 0.29) is 17.9 Å². The lowest BCUT2D eigenvalue weighted by Gasteiger charge is -2.38. The molecule has 6 nitrogen and oxygen atoms in total. The highest BCUT2D eigenvalue weighted by Crippen LogP contribution is 2.16. The van der Waals surface area contributed by atoms with Crippen molar-refractivity contribution in [1.29, 1.82) is 0 Å². The molecule has 2 saturated heterocycles. The molecule has 0 atom stereocenters. The molecule has 0 aliphatic carbocycles. The summed E-state index contributed by atoms with van der Waals surface area (Å²) in [6.07, 6.45) is 1.77. The van der Waals surface area contributed by atoms with Gasteiger partial charge in [0.2, 0.25) is 5.91 Å². The fourth-order valence-electron chi connectivity index (χ4n) is 4.24. The Morgan fingerprint density at radius 2 is 1.40 bits per heavy atom.